The van der Waals surface area contributed by atoms with Crippen molar-refractivity contribution < 1.29 is 19.1 Å². The van der Waals surface area contributed by atoms with E-state index in [-0.39, 0.29) is 18.7 Å². The van der Waals surface area contributed by atoms with Crippen molar-refractivity contribution in [2.24, 2.45) is 5.92 Å². The molecule has 0 unspecified atom stereocenters. The Kier molecular flexibility index (Phi) is 8.13. The maximum atomic E-state index is 12.6. The molecule has 7 heteroatoms. The Balaban J connectivity index is 2.92. The number of amides is 2. The Labute approximate surface area is 147 Å². The zero-order chi connectivity index (χ0) is 18.8. The van der Waals surface area contributed by atoms with Crippen molar-refractivity contribution in [1.82, 2.24) is 10.6 Å². The average molecular weight is 345 g/mol. The summed E-state index contributed by atoms with van der Waals surface area (Å²) in [6, 6.07) is 9.41. The van der Waals surface area contributed by atoms with E-state index in [2.05, 4.69) is 10.6 Å². The molecule has 134 valence electrons. The van der Waals surface area contributed by atoms with Crippen LogP contribution in [-0.2, 0) is 25.5 Å². The van der Waals surface area contributed by atoms with Gasteiger partial charge in [0, 0.05) is 25.7 Å². The Morgan fingerprint density at radius 1 is 1.20 bits per heavy atom. The van der Waals surface area contributed by atoms with Gasteiger partial charge in [0.1, 0.15) is 12.1 Å². The predicted molar refractivity (Wildman–Crippen MR) is 91.1 cm³/mol. The molecule has 0 heterocycles. The van der Waals surface area contributed by atoms with Crippen LogP contribution in [0.15, 0.2) is 30.3 Å². The molecule has 0 aromatic heterocycles. The number of nitrogens with zero attached hydrogens (tertiary/aromatic N) is 1. The van der Waals surface area contributed by atoms with Gasteiger partial charge in [-0.1, -0.05) is 37.3 Å². The normalized spacial score (nSPS) is 13.7. The third kappa shape index (κ3) is 6.63. The number of carbonyl (C=O) groups is 3. The molecule has 7 nitrogen and oxygen atoms in total. The minimum Gasteiger partial charge on any atom is -0.467 e. The molecule has 1 rings (SSSR count). The molecule has 0 bridgehead atoms. The van der Waals surface area contributed by atoms with Gasteiger partial charge in [0.05, 0.1) is 13.2 Å². The highest BCUT2D eigenvalue weighted by atomic mass is 16.5. The lowest BCUT2D eigenvalue weighted by Gasteiger charge is -2.24. The quantitative estimate of drug-likeness (QED) is 0.682. The van der Waals surface area contributed by atoms with Crippen molar-refractivity contribution in [3.8, 4) is 6.07 Å². The first-order chi connectivity index (χ1) is 11.9. The number of nitrogens with one attached hydrogen (secondary N) is 2. The summed E-state index contributed by atoms with van der Waals surface area (Å²) in [5.74, 6) is -1.90. The molecule has 2 amide bonds. The average Bonchev–Trinajstić information content (AvgIpc) is 2.58. The van der Waals surface area contributed by atoms with Crippen molar-refractivity contribution in [2.45, 2.75) is 38.8 Å². The van der Waals surface area contributed by atoms with Crippen LogP contribution in [0.25, 0.3) is 0 Å². The number of esters is 1. The number of carbonyl (C=O) groups excluding carboxylic acids is 3. The molecular weight excluding hydrogens is 322 g/mol. The Morgan fingerprint density at radius 2 is 1.84 bits per heavy atom. The summed E-state index contributed by atoms with van der Waals surface area (Å²) in [7, 11) is 1.22. The fraction of sp³-hybridized carbons (Fsp3) is 0.444. The summed E-state index contributed by atoms with van der Waals surface area (Å²) >= 11 is 0. The number of ether oxygens (including phenoxy) is 1. The number of rotatable bonds is 8. The minimum absolute atomic E-state index is 0.0868. The van der Waals surface area contributed by atoms with Gasteiger partial charge in [0.25, 0.3) is 0 Å². The largest absolute Gasteiger partial charge is 0.467 e. The van der Waals surface area contributed by atoms with Gasteiger partial charge in [-0.15, -0.1) is 0 Å². The summed E-state index contributed by atoms with van der Waals surface area (Å²) in [5.41, 5.74) is 0.871. The Hall–Kier alpha value is -2.88. The van der Waals surface area contributed by atoms with E-state index in [9.17, 15) is 14.4 Å². The highest BCUT2D eigenvalue weighted by molar-refractivity contribution is 5.90. The van der Waals surface area contributed by atoms with Gasteiger partial charge in [-0.05, 0) is 5.56 Å². The van der Waals surface area contributed by atoms with Crippen LogP contribution in [0.3, 0.4) is 0 Å². The van der Waals surface area contributed by atoms with E-state index < -0.39 is 29.9 Å². The van der Waals surface area contributed by atoms with Crippen molar-refractivity contribution in [2.75, 3.05) is 7.11 Å². The van der Waals surface area contributed by atoms with E-state index in [4.69, 9.17) is 10.00 Å². The minimum atomic E-state index is -0.954. The highest BCUT2D eigenvalue weighted by Gasteiger charge is 2.30. The third-order valence-electron chi connectivity index (χ3n) is 3.71. The second-order valence-corrected chi connectivity index (χ2v) is 5.79. The van der Waals surface area contributed by atoms with E-state index in [0.717, 1.165) is 5.56 Å². The molecule has 0 saturated heterocycles. The van der Waals surface area contributed by atoms with Crippen LogP contribution in [0.1, 0.15) is 25.8 Å². The van der Waals surface area contributed by atoms with Crippen LogP contribution in [0.4, 0.5) is 0 Å². The second-order valence-electron chi connectivity index (χ2n) is 5.79. The molecule has 0 aliphatic rings. The Morgan fingerprint density at radius 3 is 2.36 bits per heavy atom. The van der Waals surface area contributed by atoms with E-state index in [0.29, 0.717) is 0 Å². The van der Waals surface area contributed by atoms with Crippen LogP contribution in [0, 0.1) is 17.2 Å². The van der Waals surface area contributed by atoms with Crippen LogP contribution < -0.4 is 10.6 Å². The van der Waals surface area contributed by atoms with Crippen LogP contribution >= 0.6 is 0 Å². The fourth-order valence-corrected chi connectivity index (χ4v) is 2.38. The number of nitriles is 1. The number of methoxy groups -OCH3 is 1. The molecule has 0 aliphatic carbocycles. The summed E-state index contributed by atoms with van der Waals surface area (Å²) < 4.78 is 4.71. The zero-order valence-electron chi connectivity index (χ0n) is 14.6. The lowest BCUT2D eigenvalue weighted by atomic mass is 9.97. The second kappa shape index (κ2) is 10.1. The van der Waals surface area contributed by atoms with E-state index >= 15 is 0 Å². The van der Waals surface area contributed by atoms with E-state index in [1.807, 2.05) is 36.4 Å². The monoisotopic (exact) mass is 345 g/mol. The van der Waals surface area contributed by atoms with Gasteiger partial charge >= 0.3 is 5.97 Å². The molecule has 0 saturated carbocycles. The molecular formula is C18H23N3O4. The third-order valence-corrected chi connectivity index (χ3v) is 3.71. The first-order valence-corrected chi connectivity index (χ1v) is 7.95. The van der Waals surface area contributed by atoms with Crippen LogP contribution in [-0.4, -0.2) is 37.0 Å². The van der Waals surface area contributed by atoms with Crippen molar-refractivity contribution in [3.63, 3.8) is 0 Å². The first kappa shape index (κ1) is 20.2. The van der Waals surface area contributed by atoms with Gasteiger partial charge in [0.2, 0.25) is 11.8 Å². The van der Waals surface area contributed by atoms with Crippen LogP contribution in [0.2, 0.25) is 0 Å². The molecule has 0 fully saturated rings. The molecule has 0 radical (unpaired) electrons. The number of hydrogen-bond acceptors (Lipinski definition) is 5. The summed E-state index contributed by atoms with van der Waals surface area (Å²) in [6.07, 6.45) is 0.371. The molecule has 1 aromatic carbocycles. The molecule has 0 aliphatic heterocycles. The molecule has 0 spiro atoms. The summed E-state index contributed by atoms with van der Waals surface area (Å²) in [5, 5.41) is 14.0. The van der Waals surface area contributed by atoms with Crippen LogP contribution in [0.5, 0.6) is 0 Å². The molecule has 25 heavy (non-hydrogen) atoms. The van der Waals surface area contributed by atoms with E-state index in [1.54, 1.807) is 6.92 Å². The summed E-state index contributed by atoms with van der Waals surface area (Å²) in [6.45, 7) is 3.00. The van der Waals surface area contributed by atoms with Gasteiger partial charge in [0.15, 0.2) is 0 Å². The van der Waals surface area contributed by atoms with Crippen molar-refractivity contribution in [1.29, 1.82) is 5.26 Å². The van der Waals surface area contributed by atoms with Crippen molar-refractivity contribution in [3.05, 3.63) is 35.9 Å². The van der Waals surface area contributed by atoms with Crippen molar-refractivity contribution >= 4 is 17.8 Å². The topological polar surface area (TPSA) is 108 Å². The Bertz CT molecular complexity index is 639. The predicted octanol–water partition coefficient (Wildman–Crippen LogP) is 0.941. The number of hydrogen-bond donors (Lipinski definition) is 2. The SMILES string of the molecule is COC(=O)[C@H](NC(=O)[C@H](Cc1ccccc1)NC(C)=O)[C@@H](C)CC#N. The smallest absolute Gasteiger partial charge is 0.328 e. The number of benzene rings is 1. The lowest BCUT2D eigenvalue weighted by molar-refractivity contribution is -0.146. The van der Waals surface area contributed by atoms with Gasteiger partial charge in [-0.3, -0.25) is 9.59 Å². The van der Waals surface area contributed by atoms with Gasteiger partial charge < -0.3 is 15.4 Å². The highest BCUT2D eigenvalue weighted by Crippen LogP contribution is 2.11. The van der Waals surface area contributed by atoms with E-state index in [1.165, 1.54) is 14.0 Å². The zero-order valence-corrected chi connectivity index (χ0v) is 14.6. The van der Waals surface area contributed by atoms with Gasteiger partial charge in [-0.25, -0.2) is 4.79 Å². The van der Waals surface area contributed by atoms with Gasteiger partial charge in [-0.2, -0.15) is 5.26 Å². The molecule has 2 N–H and O–H groups in total. The maximum Gasteiger partial charge on any atom is 0.328 e. The first-order valence-electron chi connectivity index (χ1n) is 7.95. The standard InChI is InChI=1S/C18H23N3O4/c1-12(9-10-19)16(18(24)25-3)21-17(23)15(20-13(2)22)11-14-7-5-4-6-8-14/h4-8,12,15-16H,9,11H2,1-3H3,(H,20,22)(H,21,23)/t12-,15-,16+/m0/s1. The molecule has 3 atom stereocenters. The summed E-state index contributed by atoms with van der Waals surface area (Å²) in [4.78, 5) is 36.0. The fourth-order valence-electron chi connectivity index (χ4n) is 2.38. The lowest BCUT2D eigenvalue weighted by Crippen LogP contribution is -2.54. The maximum absolute atomic E-state index is 12.6. The molecule has 1 aromatic rings.